The molecule has 4 heteroatoms. The first-order valence-corrected chi connectivity index (χ1v) is 26.2. The molecule has 0 atom stereocenters. The van der Waals surface area contributed by atoms with Crippen molar-refractivity contribution in [2.75, 3.05) is 9.71 Å². The van der Waals surface area contributed by atoms with Crippen molar-refractivity contribution in [1.82, 2.24) is 0 Å². The first kappa shape index (κ1) is 45.2. The lowest BCUT2D eigenvalue weighted by Crippen LogP contribution is -2.61. The van der Waals surface area contributed by atoms with Gasteiger partial charge in [0, 0.05) is 33.7 Å². The maximum absolute atomic E-state index is 6.89. The molecule has 7 aromatic carbocycles. The molecule has 0 unspecified atom stereocenters. The van der Waals surface area contributed by atoms with Gasteiger partial charge >= 0.3 is 6.85 Å². The number of furan rings is 1. The molecule has 0 N–H and O–H groups in total. The number of aryl methyl sites for hydroxylation is 4. The molecule has 12 rings (SSSR count). The molecule has 70 heavy (non-hydrogen) atoms. The highest BCUT2D eigenvalue weighted by atomic mass is 16.3. The smallest absolute Gasteiger partial charge is 0.333 e. The highest BCUT2D eigenvalue weighted by molar-refractivity contribution is 6.94. The van der Waals surface area contributed by atoms with E-state index in [2.05, 4.69) is 223 Å². The van der Waals surface area contributed by atoms with Crippen LogP contribution in [0.2, 0.25) is 0 Å². The molecule has 1 aromatic heterocycles. The van der Waals surface area contributed by atoms with Gasteiger partial charge in [0.05, 0.1) is 11.1 Å². The Labute approximate surface area is 418 Å². The summed E-state index contributed by atoms with van der Waals surface area (Å²) in [5.41, 5.74) is 28.6. The zero-order chi connectivity index (χ0) is 49.4. The van der Waals surface area contributed by atoms with E-state index in [1.807, 2.05) is 0 Å². The predicted octanol–water partition coefficient (Wildman–Crippen LogP) is 17.2. The van der Waals surface area contributed by atoms with Gasteiger partial charge in [0.15, 0.2) is 0 Å². The predicted molar refractivity (Wildman–Crippen MR) is 301 cm³/mol. The summed E-state index contributed by atoms with van der Waals surface area (Å²) >= 11 is 0. The molecule has 0 saturated heterocycles. The molecule has 0 radical (unpaired) electrons. The van der Waals surface area contributed by atoms with Gasteiger partial charge in [-0.3, -0.25) is 0 Å². The maximum Gasteiger partial charge on any atom is 0.333 e. The van der Waals surface area contributed by atoms with Crippen LogP contribution in [0.4, 0.5) is 28.4 Å². The van der Waals surface area contributed by atoms with Crippen molar-refractivity contribution in [2.45, 2.75) is 157 Å². The van der Waals surface area contributed by atoms with Gasteiger partial charge in [-0.25, -0.2) is 0 Å². The standard InChI is InChI=1S/C66H71BN2O/c1-38-30-40(3)58(41(4)31-38)42-33-47-46-35-49-51(66(14,15)29-27-64(49,10)11)37-54(46)69(44-22-20-43(21-23-44)62(5,6)7)67-52-24-25-57-59(45-18-16-17-19-56(45)70-57)61(52)68(55(34-42)60(47)67)53-36-50-48(32-39(53)2)63(8,9)26-28-65(50,12)13/h16-25,30-37H,26-29H2,1-15H3. The van der Waals surface area contributed by atoms with Crippen molar-refractivity contribution in [2.24, 2.45) is 0 Å². The largest absolute Gasteiger partial charge is 0.456 e. The molecular weight excluding hydrogens is 848 g/mol. The van der Waals surface area contributed by atoms with Crippen molar-refractivity contribution in [3.8, 4) is 22.3 Å². The summed E-state index contributed by atoms with van der Waals surface area (Å²) in [6.07, 6.45) is 4.64. The van der Waals surface area contributed by atoms with E-state index in [1.165, 1.54) is 123 Å². The number of benzene rings is 7. The molecule has 0 spiro atoms. The van der Waals surface area contributed by atoms with Crippen LogP contribution in [0, 0.1) is 27.7 Å². The monoisotopic (exact) mass is 919 g/mol. The average molecular weight is 919 g/mol. The zero-order valence-electron chi connectivity index (χ0n) is 44.6. The topological polar surface area (TPSA) is 19.6 Å². The van der Waals surface area contributed by atoms with Crippen LogP contribution >= 0.6 is 0 Å². The van der Waals surface area contributed by atoms with Gasteiger partial charge in [0.2, 0.25) is 0 Å². The van der Waals surface area contributed by atoms with Gasteiger partial charge in [-0.2, -0.15) is 0 Å². The fourth-order valence-corrected chi connectivity index (χ4v) is 13.7. The quantitative estimate of drug-likeness (QED) is 0.165. The fraction of sp³-hybridized carbons (Fsp3) is 0.364. The van der Waals surface area contributed by atoms with Gasteiger partial charge in [0.1, 0.15) is 11.2 Å². The lowest BCUT2D eigenvalue weighted by Gasteiger charge is -2.49. The van der Waals surface area contributed by atoms with Gasteiger partial charge < -0.3 is 14.1 Å². The molecule has 3 nitrogen and oxygen atoms in total. The van der Waals surface area contributed by atoms with E-state index in [9.17, 15) is 0 Å². The summed E-state index contributed by atoms with van der Waals surface area (Å²) in [5.74, 6) is 0. The Bertz CT molecular complexity index is 3510. The highest BCUT2D eigenvalue weighted by Gasteiger charge is 2.49. The number of anilines is 5. The van der Waals surface area contributed by atoms with Gasteiger partial charge in [0.25, 0.3) is 0 Å². The number of hydrogen-bond acceptors (Lipinski definition) is 3. The van der Waals surface area contributed by atoms with Crippen LogP contribution in [-0.2, 0) is 27.1 Å². The second kappa shape index (κ2) is 14.8. The Morgan fingerprint density at radius 1 is 0.529 bits per heavy atom. The van der Waals surface area contributed by atoms with E-state index in [-0.39, 0.29) is 33.9 Å². The lowest BCUT2D eigenvalue weighted by atomic mass is 9.43. The van der Waals surface area contributed by atoms with E-state index in [1.54, 1.807) is 0 Å². The molecule has 0 fully saturated rings. The fourth-order valence-electron chi connectivity index (χ4n) is 13.7. The van der Waals surface area contributed by atoms with E-state index in [4.69, 9.17) is 4.42 Å². The number of hydrogen-bond donors (Lipinski definition) is 0. The molecule has 0 saturated carbocycles. The van der Waals surface area contributed by atoms with Crippen molar-refractivity contribution >= 4 is 68.1 Å². The molecule has 2 aliphatic carbocycles. The first-order valence-electron chi connectivity index (χ1n) is 26.2. The third-order valence-corrected chi connectivity index (χ3v) is 17.9. The normalized spacial score (nSPS) is 18.1. The van der Waals surface area contributed by atoms with Crippen LogP contribution in [0.15, 0.2) is 114 Å². The number of para-hydroxylation sites is 1. The SMILES string of the molecule is Cc1cc(C)c(-c2cc3c4c(c2)N(c2cc5c(cc2C)C(C)(C)CCC5(C)C)c2c(ccc5oc6ccccc6c25)B4N(c2ccc(C(C)(C)C)cc2)c2cc4c(cc2-3)C(C)(C)CCC4(C)C)c(C)c1. The first-order chi connectivity index (χ1) is 32.9. The minimum Gasteiger partial charge on any atom is -0.456 e. The summed E-state index contributed by atoms with van der Waals surface area (Å²) in [7, 11) is 0. The molecular formula is C66H71BN2O. The average Bonchev–Trinajstić information content (AvgIpc) is 3.68. The summed E-state index contributed by atoms with van der Waals surface area (Å²) in [5, 5.41) is 2.32. The molecule has 0 bridgehead atoms. The number of rotatable bonds is 3. The maximum atomic E-state index is 6.89. The van der Waals surface area contributed by atoms with Crippen molar-refractivity contribution in [3.63, 3.8) is 0 Å². The molecule has 3 heterocycles. The lowest BCUT2D eigenvalue weighted by molar-refractivity contribution is 0.332. The van der Waals surface area contributed by atoms with Crippen LogP contribution in [-0.4, -0.2) is 6.85 Å². The Morgan fingerprint density at radius 2 is 1.10 bits per heavy atom. The Balaban J connectivity index is 1.28. The van der Waals surface area contributed by atoms with Crippen LogP contribution in [0.25, 0.3) is 44.2 Å². The highest BCUT2D eigenvalue weighted by Crippen LogP contribution is 2.56. The van der Waals surface area contributed by atoms with Crippen LogP contribution in [0.1, 0.15) is 152 Å². The Hall–Kier alpha value is -6.00. The Kier molecular flexibility index (Phi) is 9.54. The van der Waals surface area contributed by atoms with E-state index < -0.39 is 0 Å². The molecule has 4 aliphatic rings. The molecule has 354 valence electrons. The van der Waals surface area contributed by atoms with E-state index in [0.717, 1.165) is 35.8 Å². The second-order valence-corrected chi connectivity index (χ2v) is 25.7. The zero-order valence-corrected chi connectivity index (χ0v) is 44.6. The number of fused-ring (bicyclic) bond motifs is 10. The summed E-state index contributed by atoms with van der Waals surface area (Å²) in [6.45, 7) is 35.8. The van der Waals surface area contributed by atoms with E-state index in [0.29, 0.717) is 0 Å². The third-order valence-electron chi connectivity index (χ3n) is 17.9. The minimum atomic E-state index is -0.136. The molecule has 0 amide bonds. The molecule has 8 aromatic rings. The summed E-state index contributed by atoms with van der Waals surface area (Å²) < 4.78 is 6.89. The third kappa shape index (κ3) is 6.53. The van der Waals surface area contributed by atoms with Crippen LogP contribution < -0.4 is 20.6 Å². The number of nitrogens with zero attached hydrogens (tertiary/aromatic N) is 2. The summed E-state index contributed by atoms with van der Waals surface area (Å²) in [4.78, 5) is 5.45. The summed E-state index contributed by atoms with van der Waals surface area (Å²) in [6, 6.07) is 43.3. The van der Waals surface area contributed by atoms with Gasteiger partial charge in [-0.15, -0.1) is 0 Å². The van der Waals surface area contributed by atoms with E-state index >= 15 is 0 Å². The van der Waals surface area contributed by atoms with Crippen molar-refractivity contribution < 1.29 is 4.42 Å². The molecule has 2 aliphatic heterocycles. The van der Waals surface area contributed by atoms with Crippen molar-refractivity contribution in [3.05, 3.63) is 159 Å². The van der Waals surface area contributed by atoms with Crippen LogP contribution in [0.3, 0.4) is 0 Å². The Morgan fingerprint density at radius 3 is 1.71 bits per heavy atom. The van der Waals surface area contributed by atoms with Gasteiger partial charge in [-0.05, 0) is 207 Å². The minimum absolute atomic E-state index is 0.0226. The van der Waals surface area contributed by atoms with Crippen molar-refractivity contribution in [1.29, 1.82) is 0 Å². The van der Waals surface area contributed by atoms with Crippen LogP contribution in [0.5, 0.6) is 0 Å². The van der Waals surface area contributed by atoms with Gasteiger partial charge in [-0.1, -0.05) is 136 Å². The second-order valence-electron chi connectivity index (χ2n) is 25.7.